The number of nitrogens with one attached hydrogen (secondary N) is 2. The van der Waals surface area contributed by atoms with Crippen molar-refractivity contribution in [1.29, 1.82) is 0 Å². The van der Waals surface area contributed by atoms with E-state index in [0.717, 1.165) is 18.4 Å². The molecule has 0 aliphatic carbocycles. The number of hydrogen-bond acceptors (Lipinski definition) is 6. The normalized spacial score (nSPS) is 21.3. The third kappa shape index (κ3) is 5.26. The fourth-order valence-electron chi connectivity index (χ4n) is 4.47. The van der Waals surface area contributed by atoms with Crippen molar-refractivity contribution in [3.8, 4) is 0 Å². The van der Waals surface area contributed by atoms with Gasteiger partial charge in [0.25, 0.3) is 5.91 Å². The number of ether oxygens (including phenoxy) is 2. The minimum Gasteiger partial charge on any atom is -0.459 e. The summed E-state index contributed by atoms with van der Waals surface area (Å²) < 4.78 is 16.5. The fourth-order valence-corrected chi connectivity index (χ4v) is 4.47. The molecule has 0 saturated carbocycles. The number of carbonyl (C=O) groups is 3. The first-order chi connectivity index (χ1) is 17.6. The molecular weight excluding hydrogens is 462 g/mol. The van der Waals surface area contributed by atoms with E-state index >= 15 is 0 Å². The number of hydrogen-bond donors (Lipinski definition) is 2. The van der Waals surface area contributed by atoms with Crippen molar-refractivity contribution in [2.75, 3.05) is 18.5 Å². The smallest absolute Gasteiger partial charge is 0.411 e. The van der Waals surface area contributed by atoms with Gasteiger partial charge >= 0.3 is 6.09 Å². The van der Waals surface area contributed by atoms with E-state index in [4.69, 9.17) is 13.9 Å². The molecule has 0 spiro atoms. The Morgan fingerprint density at radius 1 is 1.00 bits per heavy atom. The van der Waals surface area contributed by atoms with Crippen molar-refractivity contribution in [2.45, 2.75) is 37.6 Å². The predicted octanol–water partition coefficient (Wildman–Crippen LogP) is 3.89. The lowest BCUT2D eigenvalue weighted by atomic mass is 10.00. The van der Waals surface area contributed by atoms with Gasteiger partial charge in [0.1, 0.15) is 0 Å². The average Bonchev–Trinajstić information content (AvgIpc) is 3.67. The summed E-state index contributed by atoms with van der Waals surface area (Å²) in [7, 11) is 0. The highest BCUT2D eigenvalue weighted by atomic mass is 16.6. The lowest BCUT2D eigenvalue weighted by Gasteiger charge is -2.25. The molecule has 9 nitrogen and oxygen atoms in total. The van der Waals surface area contributed by atoms with E-state index in [2.05, 4.69) is 10.6 Å². The molecule has 0 radical (unpaired) electrons. The van der Waals surface area contributed by atoms with Gasteiger partial charge in [-0.15, -0.1) is 0 Å². The van der Waals surface area contributed by atoms with Crippen LogP contribution in [0.4, 0.5) is 10.5 Å². The summed E-state index contributed by atoms with van der Waals surface area (Å²) >= 11 is 0. The summed E-state index contributed by atoms with van der Waals surface area (Å²) in [4.78, 5) is 40.0. The number of cyclic esters (lactones) is 1. The highest BCUT2D eigenvalue weighted by Gasteiger charge is 2.47. The fraction of sp³-hybridized carbons (Fsp3) is 0.296. The molecule has 2 fully saturated rings. The predicted molar refractivity (Wildman–Crippen MR) is 130 cm³/mol. The number of amides is 3. The molecule has 9 heteroatoms. The number of rotatable bonds is 8. The first kappa shape index (κ1) is 23.6. The van der Waals surface area contributed by atoms with Gasteiger partial charge in [0.15, 0.2) is 17.9 Å². The van der Waals surface area contributed by atoms with Crippen molar-refractivity contribution < 1.29 is 28.3 Å². The van der Waals surface area contributed by atoms with Gasteiger partial charge in [0, 0.05) is 18.8 Å². The Balaban J connectivity index is 1.34. The van der Waals surface area contributed by atoms with Crippen molar-refractivity contribution in [2.24, 2.45) is 0 Å². The molecule has 36 heavy (non-hydrogen) atoms. The lowest BCUT2D eigenvalue weighted by Crippen LogP contribution is -2.47. The third-order valence-corrected chi connectivity index (χ3v) is 6.32. The van der Waals surface area contributed by atoms with Crippen LogP contribution in [0.1, 0.15) is 40.6 Å². The molecule has 0 bridgehead atoms. The van der Waals surface area contributed by atoms with Gasteiger partial charge in [0.2, 0.25) is 5.91 Å². The first-order valence-electron chi connectivity index (χ1n) is 11.9. The molecule has 2 saturated heterocycles. The lowest BCUT2D eigenvalue weighted by molar-refractivity contribution is -0.126. The molecule has 186 valence electrons. The van der Waals surface area contributed by atoms with E-state index in [1.807, 2.05) is 30.3 Å². The van der Waals surface area contributed by atoms with Gasteiger partial charge in [-0.2, -0.15) is 0 Å². The summed E-state index contributed by atoms with van der Waals surface area (Å²) in [6.07, 6.45) is 1.90. The molecule has 3 amide bonds. The van der Waals surface area contributed by atoms with Crippen molar-refractivity contribution >= 4 is 23.6 Å². The average molecular weight is 490 g/mol. The van der Waals surface area contributed by atoms with E-state index in [1.165, 1.54) is 11.2 Å². The molecule has 2 N–H and O–H groups in total. The molecule has 2 aliphatic heterocycles. The number of carbonyl (C=O) groups excluding carboxylic acids is 3. The summed E-state index contributed by atoms with van der Waals surface area (Å²) in [6, 6.07) is 18.7. The zero-order chi connectivity index (χ0) is 24.9. The van der Waals surface area contributed by atoms with E-state index in [1.54, 1.807) is 36.4 Å². The Bertz CT molecular complexity index is 1190. The van der Waals surface area contributed by atoms with Crippen molar-refractivity contribution in [3.05, 3.63) is 89.9 Å². The summed E-state index contributed by atoms with van der Waals surface area (Å²) in [5.41, 5.74) is 2.08. The van der Waals surface area contributed by atoms with Gasteiger partial charge in [0.05, 0.1) is 18.9 Å². The molecule has 2 aromatic carbocycles. The zero-order valence-electron chi connectivity index (χ0n) is 19.6. The number of nitrogens with zero attached hydrogens (tertiary/aromatic N) is 1. The molecule has 1 aromatic heterocycles. The van der Waals surface area contributed by atoms with E-state index < -0.39 is 18.2 Å². The van der Waals surface area contributed by atoms with Crippen LogP contribution in [-0.4, -0.2) is 48.1 Å². The van der Waals surface area contributed by atoms with Crippen LogP contribution in [0.25, 0.3) is 0 Å². The molecule has 5 rings (SSSR count). The van der Waals surface area contributed by atoms with Crippen LogP contribution < -0.4 is 10.6 Å². The van der Waals surface area contributed by atoms with Gasteiger partial charge < -0.3 is 24.5 Å². The second-order valence-corrected chi connectivity index (χ2v) is 8.80. The topological polar surface area (TPSA) is 110 Å². The first-order valence-corrected chi connectivity index (χ1v) is 11.9. The Labute approximate surface area is 208 Å². The van der Waals surface area contributed by atoms with Gasteiger partial charge in [-0.05, 0) is 48.2 Å². The highest BCUT2D eigenvalue weighted by molar-refractivity contribution is 6.02. The number of benzene rings is 2. The highest BCUT2D eigenvalue weighted by Crippen LogP contribution is 2.34. The van der Waals surface area contributed by atoms with Crippen LogP contribution in [0.15, 0.2) is 77.4 Å². The Hall–Kier alpha value is -4.11. The van der Waals surface area contributed by atoms with Crippen LogP contribution in [0.2, 0.25) is 0 Å². The SMILES string of the molecule is O=C(Nc1ccc(C2OC(=O)N(Cc3ccccc3)C2C(=O)NCC2CCCO2)cc1)c1ccco1. The van der Waals surface area contributed by atoms with Gasteiger partial charge in [-0.1, -0.05) is 42.5 Å². The molecular formula is C27H27N3O6. The second-order valence-electron chi connectivity index (χ2n) is 8.80. The van der Waals surface area contributed by atoms with Crippen LogP contribution in [0, 0.1) is 0 Å². The summed E-state index contributed by atoms with van der Waals surface area (Å²) in [5, 5.41) is 5.70. The van der Waals surface area contributed by atoms with Crippen LogP contribution in [-0.2, 0) is 20.8 Å². The standard InChI is InChI=1S/C27H27N3O6/c31-25(22-9-5-15-35-22)29-20-12-10-19(11-13-20)24-23(26(32)28-16-21-8-4-14-34-21)30(27(33)36-24)17-18-6-2-1-3-7-18/h1-3,5-7,9-13,15,21,23-24H,4,8,14,16-17H2,(H,28,32)(H,29,31). The monoisotopic (exact) mass is 489 g/mol. The molecule has 3 atom stereocenters. The molecule has 3 aromatic rings. The quantitative estimate of drug-likeness (QED) is 0.497. The maximum absolute atomic E-state index is 13.4. The maximum Gasteiger partial charge on any atom is 0.411 e. The van der Waals surface area contributed by atoms with Gasteiger partial charge in [-0.3, -0.25) is 14.5 Å². The van der Waals surface area contributed by atoms with Crippen molar-refractivity contribution in [1.82, 2.24) is 10.2 Å². The second kappa shape index (κ2) is 10.7. The van der Waals surface area contributed by atoms with Crippen LogP contribution >= 0.6 is 0 Å². The van der Waals surface area contributed by atoms with Gasteiger partial charge in [-0.25, -0.2) is 4.79 Å². The maximum atomic E-state index is 13.4. The number of furan rings is 1. The largest absolute Gasteiger partial charge is 0.459 e. The number of anilines is 1. The summed E-state index contributed by atoms with van der Waals surface area (Å²) in [6.45, 7) is 1.32. The minimum absolute atomic E-state index is 0.0231. The van der Waals surface area contributed by atoms with Crippen LogP contribution in [0.5, 0.6) is 0 Å². The zero-order valence-corrected chi connectivity index (χ0v) is 19.6. The van der Waals surface area contributed by atoms with Crippen LogP contribution in [0.3, 0.4) is 0 Å². The molecule has 3 unspecified atom stereocenters. The molecule has 3 heterocycles. The molecule has 2 aliphatic rings. The van der Waals surface area contributed by atoms with E-state index in [-0.39, 0.29) is 30.2 Å². The third-order valence-electron chi connectivity index (χ3n) is 6.32. The minimum atomic E-state index is -0.859. The Kier molecular flexibility index (Phi) is 6.99. The Morgan fingerprint density at radius 3 is 2.50 bits per heavy atom. The van der Waals surface area contributed by atoms with E-state index in [0.29, 0.717) is 24.4 Å². The Morgan fingerprint density at radius 2 is 1.81 bits per heavy atom. The summed E-state index contributed by atoms with van der Waals surface area (Å²) in [5.74, 6) is -0.476. The van der Waals surface area contributed by atoms with Crippen molar-refractivity contribution in [3.63, 3.8) is 0 Å². The van der Waals surface area contributed by atoms with E-state index in [9.17, 15) is 14.4 Å².